The first-order valence-corrected chi connectivity index (χ1v) is 6.47. The molecule has 0 aromatic heterocycles. The van der Waals surface area contributed by atoms with E-state index in [1.807, 2.05) is 0 Å². The SMILES string of the molecule is CN1CCC(NCC2CCCO2)(C(N)=O)CC1. The average molecular weight is 241 g/mol. The van der Waals surface area contributed by atoms with Gasteiger partial charge in [-0.05, 0) is 32.7 Å². The molecule has 2 fully saturated rings. The van der Waals surface area contributed by atoms with Crippen LogP contribution in [0.1, 0.15) is 25.7 Å². The number of amides is 1. The van der Waals surface area contributed by atoms with Crippen molar-refractivity contribution < 1.29 is 9.53 Å². The molecule has 0 bridgehead atoms. The molecule has 5 heteroatoms. The Morgan fingerprint density at radius 2 is 2.24 bits per heavy atom. The number of nitrogens with zero attached hydrogens (tertiary/aromatic N) is 1. The number of piperidine rings is 1. The van der Waals surface area contributed by atoms with Gasteiger partial charge in [0, 0.05) is 26.2 Å². The molecule has 0 aromatic carbocycles. The van der Waals surface area contributed by atoms with E-state index in [4.69, 9.17) is 10.5 Å². The Morgan fingerprint density at radius 3 is 2.76 bits per heavy atom. The van der Waals surface area contributed by atoms with Gasteiger partial charge in [0.2, 0.25) is 5.91 Å². The second-order valence-corrected chi connectivity index (χ2v) is 5.27. The van der Waals surface area contributed by atoms with Gasteiger partial charge < -0.3 is 20.7 Å². The highest BCUT2D eigenvalue weighted by molar-refractivity contribution is 5.84. The lowest BCUT2D eigenvalue weighted by Crippen LogP contribution is -2.61. The van der Waals surface area contributed by atoms with E-state index >= 15 is 0 Å². The van der Waals surface area contributed by atoms with Crippen LogP contribution >= 0.6 is 0 Å². The van der Waals surface area contributed by atoms with Gasteiger partial charge in [0.05, 0.1) is 6.10 Å². The fourth-order valence-electron chi connectivity index (χ4n) is 2.63. The van der Waals surface area contributed by atoms with E-state index in [2.05, 4.69) is 17.3 Å². The predicted octanol–water partition coefficient (Wildman–Crippen LogP) is -0.295. The summed E-state index contributed by atoms with van der Waals surface area (Å²) in [6, 6.07) is 0. The number of hydrogen-bond donors (Lipinski definition) is 2. The van der Waals surface area contributed by atoms with Crippen LogP contribution < -0.4 is 11.1 Å². The van der Waals surface area contributed by atoms with Gasteiger partial charge in [0.1, 0.15) is 5.54 Å². The normalized spacial score (nSPS) is 29.4. The number of carbonyl (C=O) groups is 1. The molecule has 0 radical (unpaired) electrons. The zero-order chi connectivity index (χ0) is 12.3. The third-order valence-corrected chi connectivity index (χ3v) is 4.00. The fraction of sp³-hybridized carbons (Fsp3) is 0.917. The van der Waals surface area contributed by atoms with Crippen molar-refractivity contribution in [2.45, 2.75) is 37.3 Å². The minimum absolute atomic E-state index is 0.219. The Morgan fingerprint density at radius 1 is 1.53 bits per heavy atom. The van der Waals surface area contributed by atoms with Crippen LogP contribution in [0.5, 0.6) is 0 Å². The van der Waals surface area contributed by atoms with Gasteiger partial charge in [0.25, 0.3) is 0 Å². The molecule has 2 heterocycles. The first kappa shape index (κ1) is 12.8. The van der Waals surface area contributed by atoms with Crippen LogP contribution in [-0.4, -0.2) is 55.7 Å². The zero-order valence-electron chi connectivity index (χ0n) is 10.6. The summed E-state index contributed by atoms with van der Waals surface area (Å²) in [6.45, 7) is 3.42. The molecule has 2 aliphatic rings. The molecule has 0 spiro atoms. The number of likely N-dealkylation sites (tertiary alicyclic amines) is 1. The first-order valence-electron chi connectivity index (χ1n) is 6.47. The Kier molecular flexibility index (Phi) is 4.01. The summed E-state index contributed by atoms with van der Waals surface area (Å²) < 4.78 is 5.56. The quantitative estimate of drug-likeness (QED) is 0.709. The van der Waals surface area contributed by atoms with Gasteiger partial charge in [-0.1, -0.05) is 0 Å². The molecule has 1 amide bonds. The third kappa shape index (κ3) is 2.97. The fourth-order valence-corrected chi connectivity index (χ4v) is 2.63. The third-order valence-electron chi connectivity index (χ3n) is 4.00. The van der Waals surface area contributed by atoms with Crippen molar-refractivity contribution in [3.63, 3.8) is 0 Å². The lowest BCUT2D eigenvalue weighted by atomic mass is 9.86. The Balaban J connectivity index is 1.89. The number of nitrogens with two attached hydrogens (primary N) is 1. The van der Waals surface area contributed by atoms with E-state index in [0.29, 0.717) is 0 Å². The Hall–Kier alpha value is -0.650. The van der Waals surface area contributed by atoms with Crippen molar-refractivity contribution in [1.29, 1.82) is 0 Å². The number of ether oxygens (including phenoxy) is 1. The summed E-state index contributed by atoms with van der Waals surface area (Å²) >= 11 is 0. The summed E-state index contributed by atoms with van der Waals surface area (Å²) in [5.74, 6) is -0.219. The highest BCUT2D eigenvalue weighted by atomic mass is 16.5. The van der Waals surface area contributed by atoms with Crippen LogP contribution in [-0.2, 0) is 9.53 Å². The summed E-state index contributed by atoms with van der Waals surface area (Å²) in [4.78, 5) is 13.9. The second-order valence-electron chi connectivity index (χ2n) is 5.27. The lowest BCUT2D eigenvalue weighted by molar-refractivity contribution is -0.126. The lowest BCUT2D eigenvalue weighted by Gasteiger charge is -2.39. The van der Waals surface area contributed by atoms with Gasteiger partial charge in [-0.3, -0.25) is 4.79 Å². The summed E-state index contributed by atoms with van der Waals surface area (Å²) in [6.07, 6.45) is 4.06. The van der Waals surface area contributed by atoms with Crippen LogP contribution in [0.2, 0.25) is 0 Å². The van der Waals surface area contributed by atoms with Crippen molar-refractivity contribution in [3.8, 4) is 0 Å². The maximum absolute atomic E-state index is 11.7. The van der Waals surface area contributed by atoms with E-state index in [0.717, 1.165) is 51.9 Å². The second kappa shape index (κ2) is 5.33. The minimum Gasteiger partial charge on any atom is -0.377 e. The van der Waals surface area contributed by atoms with Crippen LogP contribution in [0.4, 0.5) is 0 Å². The van der Waals surface area contributed by atoms with E-state index in [-0.39, 0.29) is 12.0 Å². The summed E-state index contributed by atoms with van der Waals surface area (Å²) in [7, 11) is 2.07. The van der Waals surface area contributed by atoms with E-state index in [1.54, 1.807) is 0 Å². The Bertz CT molecular complexity index is 269. The van der Waals surface area contributed by atoms with Crippen LogP contribution in [0, 0.1) is 0 Å². The number of rotatable bonds is 4. The van der Waals surface area contributed by atoms with Crippen LogP contribution in [0.3, 0.4) is 0 Å². The van der Waals surface area contributed by atoms with Crippen molar-refractivity contribution in [2.75, 3.05) is 33.3 Å². The topological polar surface area (TPSA) is 67.6 Å². The van der Waals surface area contributed by atoms with Gasteiger partial charge >= 0.3 is 0 Å². The largest absolute Gasteiger partial charge is 0.377 e. The number of primary amides is 1. The zero-order valence-corrected chi connectivity index (χ0v) is 10.6. The molecule has 0 aliphatic carbocycles. The van der Waals surface area contributed by atoms with Crippen molar-refractivity contribution in [3.05, 3.63) is 0 Å². The maximum atomic E-state index is 11.7. The molecule has 2 rings (SSSR count). The van der Waals surface area contributed by atoms with Gasteiger partial charge in [0.15, 0.2) is 0 Å². The monoisotopic (exact) mass is 241 g/mol. The molecule has 0 aromatic rings. The van der Waals surface area contributed by atoms with Crippen molar-refractivity contribution >= 4 is 5.91 Å². The van der Waals surface area contributed by atoms with Crippen LogP contribution in [0.25, 0.3) is 0 Å². The standard InChI is InChI=1S/C12H23N3O2/c1-15-6-4-12(5-7-15,11(13)16)14-9-10-3-2-8-17-10/h10,14H,2-9H2,1H3,(H2,13,16). The van der Waals surface area contributed by atoms with Crippen LogP contribution in [0.15, 0.2) is 0 Å². The molecule has 17 heavy (non-hydrogen) atoms. The van der Waals surface area contributed by atoms with Gasteiger partial charge in [-0.25, -0.2) is 0 Å². The number of hydrogen-bond acceptors (Lipinski definition) is 4. The molecule has 1 unspecified atom stereocenters. The highest BCUT2D eigenvalue weighted by Gasteiger charge is 2.39. The van der Waals surface area contributed by atoms with Crippen molar-refractivity contribution in [2.24, 2.45) is 5.73 Å². The molecule has 98 valence electrons. The molecular formula is C12H23N3O2. The van der Waals surface area contributed by atoms with Crippen molar-refractivity contribution in [1.82, 2.24) is 10.2 Å². The smallest absolute Gasteiger partial charge is 0.237 e. The first-order chi connectivity index (χ1) is 8.12. The minimum atomic E-state index is -0.515. The molecule has 5 nitrogen and oxygen atoms in total. The number of nitrogens with one attached hydrogen (secondary N) is 1. The summed E-state index contributed by atoms with van der Waals surface area (Å²) in [5, 5.41) is 3.37. The number of carbonyl (C=O) groups excluding carboxylic acids is 1. The average Bonchev–Trinajstić information content (AvgIpc) is 2.81. The molecular weight excluding hydrogens is 218 g/mol. The molecule has 3 N–H and O–H groups in total. The van der Waals surface area contributed by atoms with E-state index in [1.165, 1.54) is 0 Å². The van der Waals surface area contributed by atoms with E-state index in [9.17, 15) is 4.79 Å². The van der Waals surface area contributed by atoms with Gasteiger partial charge in [-0.2, -0.15) is 0 Å². The molecule has 2 aliphatic heterocycles. The Labute approximate surface area is 103 Å². The molecule has 0 saturated carbocycles. The van der Waals surface area contributed by atoms with Gasteiger partial charge in [-0.15, -0.1) is 0 Å². The maximum Gasteiger partial charge on any atom is 0.237 e. The molecule has 1 atom stereocenters. The van der Waals surface area contributed by atoms with E-state index < -0.39 is 5.54 Å². The predicted molar refractivity (Wildman–Crippen MR) is 65.6 cm³/mol. The summed E-state index contributed by atoms with van der Waals surface area (Å²) in [5.41, 5.74) is 5.06. The highest BCUT2D eigenvalue weighted by Crippen LogP contribution is 2.22. The molecule has 2 saturated heterocycles.